The predicted octanol–water partition coefficient (Wildman–Crippen LogP) is 4.43. The summed E-state index contributed by atoms with van der Waals surface area (Å²) < 4.78 is 1.76. The topological polar surface area (TPSA) is 50.6 Å². The molecule has 4 rings (SSSR count). The summed E-state index contributed by atoms with van der Waals surface area (Å²) in [6, 6.07) is 26.2. The van der Waals surface area contributed by atoms with Gasteiger partial charge >= 0.3 is 0 Å². The summed E-state index contributed by atoms with van der Waals surface area (Å²) in [6.45, 7) is 0. The van der Waals surface area contributed by atoms with E-state index in [1.165, 1.54) is 0 Å². The summed E-state index contributed by atoms with van der Waals surface area (Å²) >= 11 is 0. The summed E-state index contributed by atoms with van der Waals surface area (Å²) in [5.74, 6) is -1.23. The molecule has 0 aliphatic rings. The Kier molecular flexibility index (Phi) is 4.07. The van der Waals surface area contributed by atoms with Gasteiger partial charge in [-0.15, -0.1) is 0 Å². The molecule has 1 N–H and O–H groups in total. The average Bonchev–Trinajstić information content (AvgIpc) is 3.08. The molecule has 126 valence electrons. The van der Waals surface area contributed by atoms with Crippen molar-refractivity contribution >= 4 is 22.9 Å². The van der Waals surface area contributed by atoms with Gasteiger partial charge in [-0.3, -0.25) is 9.59 Å². The molecule has 0 fully saturated rings. The molecule has 0 unspecified atom stereocenters. The van der Waals surface area contributed by atoms with Crippen LogP contribution in [0.3, 0.4) is 0 Å². The fraction of sp³-hybridized carbons (Fsp3) is 0. The number of carbonyl (C=O) groups is 2. The van der Waals surface area contributed by atoms with Crippen molar-refractivity contribution in [2.75, 3.05) is 5.32 Å². The number of nitrogens with one attached hydrogen (secondary N) is 1. The van der Waals surface area contributed by atoms with Crippen LogP contribution in [0.25, 0.3) is 16.6 Å². The van der Waals surface area contributed by atoms with Crippen LogP contribution in [-0.2, 0) is 4.79 Å². The molecule has 0 saturated heterocycles. The van der Waals surface area contributed by atoms with E-state index in [1.54, 1.807) is 22.7 Å². The van der Waals surface area contributed by atoms with Crippen LogP contribution < -0.4 is 5.32 Å². The van der Waals surface area contributed by atoms with E-state index < -0.39 is 11.7 Å². The highest BCUT2D eigenvalue weighted by atomic mass is 16.2. The van der Waals surface area contributed by atoms with E-state index in [0.717, 1.165) is 16.6 Å². The summed E-state index contributed by atoms with van der Waals surface area (Å²) in [5, 5.41) is 2.67. The van der Waals surface area contributed by atoms with E-state index in [1.807, 2.05) is 72.8 Å². The number of Topliss-reactive ketones (excluding diaryl/α,β-unsaturated/α-hetero) is 1. The number of para-hydroxylation sites is 1. The normalized spacial score (nSPS) is 10.6. The number of amides is 1. The second kappa shape index (κ2) is 6.69. The summed E-state index contributed by atoms with van der Waals surface area (Å²) in [4.78, 5) is 25.5. The minimum absolute atomic E-state index is 0.361. The largest absolute Gasteiger partial charge is 0.319 e. The average molecular weight is 340 g/mol. The number of rotatable bonds is 4. The van der Waals surface area contributed by atoms with Crippen LogP contribution in [0.5, 0.6) is 0 Å². The highest BCUT2D eigenvalue weighted by Crippen LogP contribution is 2.28. The minimum atomic E-state index is -0.655. The number of anilines is 1. The molecule has 4 aromatic rings. The molecule has 26 heavy (non-hydrogen) atoms. The lowest BCUT2D eigenvalue weighted by atomic mass is 10.0. The molecule has 1 amide bonds. The minimum Gasteiger partial charge on any atom is -0.319 e. The molecule has 4 heteroatoms. The van der Waals surface area contributed by atoms with Gasteiger partial charge in [0.15, 0.2) is 0 Å². The highest BCUT2D eigenvalue weighted by Gasteiger charge is 2.24. The lowest BCUT2D eigenvalue weighted by Gasteiger charge is -2.07. The zero-order valence-corrected chi connectivity index (χ0v) is 13.9. The van der Waals surface area contributed by atoms with Crippen LogP contribution in [0.2, 0.25) is 0 Å². The van der Waals surface area contributed by atoms with E-state index in [4.69, 9.17) is 0 Å². The van der Waals surface area contributed by atoms with Crippen molar-refractivity contribution in [3.05, 3.63) is 96.8 Å². The molecule has 2 aromatic heterocycles. The first kappa shape index (κ1) is 15.8. The molecule has 0 saturated carbocycles. The highest BCUT2D eigenvalue weighted by molar-refractivity contribution is 6.47. The number of aromatic nitrogens is 1. The van der Waals surface area contributed by atoms with Gasteiger partial charge in [-0.05, 0) is 35.9 Å². The molecule has 0 radical (unpaired) electrons. The van der Waals surface area contributed by atoms with Crippen molar-refractivity contribution in [2.24, 2.45) is 0 Å². The smallest absolute Gasteiger partial charge is 0.298 e. The van der Waals surface area contributed by atoms with Crippen molar-refractivity contribution < 1.29 is 9.59 Å². The van der Waals surface area contributed by atoms with E-state index in [9.17, 15) is 9.59 Å². The number of hydrogen-bond acceptors (Lipinski definition) is 2. The van der Waals surface area contributed by atoms with Gasteiger partial charge < -0.3 is 9.72 Å². The van der Waals surface area contributed by atoms with E-state index in [-0.39, 0.29) is 0 Å². The molecule has 0 bridgehead atoms. The first-order chi connectivity index (χ1) is 12.7. The SMILES string of the molecule is O=C(Nc1ccccc1)C(=O)c1c(-c2ccccc2)cc2ccccn12. The second-order valence-corrected chi connectivity index (χ2v) is 5.92. The predicted molar refractivity (Wildman–Crippen MR) is 102 cm³/mol. The lowest BCUT2D eigenvalue weighted by Crippen LogP contribution is -2.24. The molecule has 4 nitrogen and oxygen atoms in total. The van der Waals surface area contributed by atoms with Crippen molar-refractivity contribution in [2.45, 2.75) is 0 Å². The van der Waals surface area contributed by atoms with Crippen LogP contribution in [0, 0.1) is 0 Å². The number of pyridine rings is 1. The Bertz CT molecular complexity index is 1080. The lowest BCUT2D eigenvalue weighted by molar-refractivity contribution is -0.112. The Morgan fingerprint density at radius 2 is 1.42 bits per heavy atom. The first-order valence-electron chi connectivity index (χ1n) is 8.30. The Morgan fingerprint density at radius 3 is 2.15 bits per heavy atom. The van der Waals surface area contributed by atoms with Crippen LogP contribution in [0.1, 0.15) is 10.5 Å². The molecule has 0 atom stereocenters. The van der Waals surface area contributed by atoms with Gasteiger partial charge in [-0.25, -0.2) is 0 Å². The molecule has 0 aliphatic carbocycles. The quantitative estimate of drug-likeness (QED) is 0.441. The van der Waals surface area contributed by atoms with Crippen molar-refractivity contribution in [3.63, 3.8) is 0 Å². The van der Waals surface area contributed by atoms with Gasteiger partial charge in [0.2, 0.25) is 0 Å². The monoisotopic (exact) mass is 340 g/mol. The number of ketones is 1. The van der Waals surface area contributed by atoms with Crippen molar-refractivity contribution in [3.8, 4) is 11.1 Å². The zero-order chi connectivity index (χ0) is 17.9. The van der Waals surface area contributed by atoms with Gasteiger partial charge in [0.05, 0.1) is 0 Å². The summed E-state index contributed by atoms with van der Waals surface area (Å²) in [5.41, 5.74) is 3.45. The van der Waals surface area contributed by atoms with E-state index >= 15 is 0 Å². The third kappa shape index (κ3) is 2.89. The van der Waals surface area contributed by atoms with E-state index in [2.05, 4.69) is 5.32 Å². The first-order valence-corrected chi connectivity index (χ1v) is 8.30. The van der Waals surface area contributed by atoms with Crippen LogP contribution in [-0.4, -0.2) is 16.1 Å². The maximum Gasteiger partial charge on any atom is 0.298 e. The fourth-order valence-electron chi connectivity index (χ4n) is 3.01. The third-order valence-corrected chi connectivity index (χ3v) is 4.22. The molecule has 0 aliphatic heterocycles. The zero-order valence-electron chi connectivity index (χ0n) is 13.9. The molecule has 2 heterocycles. The maximum absolute atomic E-state index is 13.0. The fourth-order valence-corrected chi connectivity index (χ4v) is 3.01. The van der Waals surface area contributed by atoms with Gasteiger partial charge in [-0.1, -0.05) is 54.6 Å². The second-order valence-electron chi connectivity index (χ2n) is 5.92. The Labute approximate surface area is 150 Å². The molecule has 0 spiro atoms. The van der Waals surface area contributed by atoms with Crippen molar-refractivity contribution in [1.82, 2.24) is 4.40 Å². The van der Waals surface area contributed by atoms with Gasteiger partial charge in [0.1, 0.15) is 5.69 Å². The summed E-state index contributed by atoms with van der Waals surface area (Å²) in [6.07, 6.45) is 1.80. The van der Waals surface area contributed by atoms with Crippen LogP contribution >= 0.6 is 0 Å². The molecular formula is C22H16N2O2. The number of carbonyl (C=O) groups excluding carboxylic acids is 2. The Balaban J connectivity index is 1.79. The third-order valence-electron chi connectivity index (χ3n) is 4.22. The Hall–Kier alpha value is -3.66. The van der Waals surface area contributed by atoms with E-state index in [0.29, 0.717) is 11.4 Å². The van der Waals surface area contributed by atoms with Gasteiger partial charge in [-0.2, -0.15) is 0 Å². The standard InChI is InChI=1S/C22H16N2O2/c25-21(22(26)23-17-11-5-2-6-12-17)20-19(16-9-3-1-4-10-16)15-18-13-7-8-14-24(18)20/h1-15H,(H,23,26). The summed E-state index contributed by atoms with van der Waals surface area (Å²) in [7, 11) is 0. The number of fused-ring (bicyclic) bond motifs is 1. The number of hydrogen-bond donors (Lipinski definition) is 1. The van der Waals surface area contributed by atoms with Gasteiger partial charge in [0, 0.05) is 23.0 Å². The van der Waals surface area contributed by atoms with Gasteiger partial charge in [0.25, 0.3) is 11.7 Å². The Morgan fingerprint density at radius 1 is 0.769 bits per heavy atom. The molecular weight excluding hydrogens is 324 g/mol. The number of nitrogens with zero attached hydrogens (tertiary/aromatic N) is 1. The van der Waals surface area contributed by atoms with Crippen LogP contribution in [0.15, 0.2) is 91.1 Å². The van der Waals surface area contributed by atoms with Crippen molar-refractivity contribution in [1.29, 1.82) is 0 Å². The number of benzene rings is 2. The van der Waals surface area contributed by atoms with Crippen LogP contribution in [0.4, 0.5) is 5.69 Å². The maximum atomic E-state index is 13.0. The molecule has 2 aromatic carbocycles.